The molecule has 2 unspecified atom stereocenters. The summed E-state index contributed by atoms with van der Waals surface area (Å²) >= 11 is 0. The Kier molecular flexibility index (Phi) is 5.18. The van der Waals surface area contributed by atoms with Gasteiger partial charge in [0.15, 0.2) is 0 Å². The molecule has 1 saturated heterocycles. The zero-order chi connectivity index (χ0) is 18.7. The van der Waals surface area contributed by atoms with E-state index in [2.05, 4.69) is 4.99 Å². The van der Waals surface area contributed by atoms with E-state index in [9.17, 15) is 14.3 Å². The Morgan fingerprint density at radius 2 is 1.96 bits per heavy atom. The number of anilines is 1. The Hall–Kier alpha value is -2.93. The number of carboxylic acid groups (broad SMARTS) is 1. The number of nitrogens with zero attached hydrogens (tertiary/aromatic N) is 2. The molecule has 2 aromatic carbocycles. The lowest BCUT2D eigenvalue weighted by molar-refractivity contribution is -0.129. The molecule has 7 heteroatoms. The van der Waals surface area contributed by atoms with E-state index in [1.807, 2.05) is 30.3 Å². The summed E-state index contributed by atoms with van der Waals surface area (Å²) in [6, 6.07) is 14.0. The van der Waals surface area contributed by atoms with E-state index in [0.29, 0.717) is 18.7 Å². The van der Waals surface area contributed by atoms with E-state index in [1.54, 1.807) is 11.0 Å². The van der Waals surface area contributed by atoms with Gasteiger partial charge in [0, 0.05) is 24.2 Å². The van der Waals surface area contributed by atoms with Crippen LogP contribution in [0, 0.1) is 5.82 Å². The number of aliphatic carboxylic acids is 1. The first-order valence-corrected chi connectivity index (χ1v) is 8.32. The molecule has 3 rings (SSSR count). The van der Waals surface area contributed by atoms with Crippen LogP contribution in [0.15, 0.2) is 53.5 Å². The second-order valence-corrected chi connectivity index (χ2v) is 6.20. The molecule has 4 N–H and O–H groups in total. The fourth-order valence-electron chi connectivity index (χ4n) is 3.15. The number of amidine groups is 1. The number of nitrogens with two attached hydrogens (primary N) is 1. The molecule has 0 saturated carbocycles. The minimum atomic E-state index is -1.33. The van der Waals surface area contributed by atoms with Gasteiger partial charge in [0.1, 0.15) is 12.0 Å². The average Bonchev–Trinajstić information content (AvgIpc) is 2.62. The van der Waals surface area contributed by atoms with Crippen molar-refractivity contribution < 1.29 is 19.4 Å². The maximum absolute atomic E-state index is 14.0. The molecular formula is C19H20FN3O3. The SMILES string of the molecule is N/C(=N\C1CC(O)CCN1c1cc(F)ccc1-c1ccccc1)C(=O)O. The number of hydrogen-bond acceptors (Lipinski definition) is 4. The fraction of sp³-hybridized carbons (Fsp3) is 0.263. The number of rotatable bonds is 3. The van der Waals surface area contributed by atoms with Crippen molar-refractivity contribution in [3.8, 4) is 11.1 Å². The molecular weight excluding hydrogens is 337 g/mol. The number of aliphatic hydroxyl groups is 1. The monoisotopic (exact) mass is 357 g/mol. The molecule has 1 heterocycles. The zero-order valence-corrected chi connectivity index (χ0v) is 14.0. The Balaban J connectivity index is 2.06. The Morgan fingerprint density at radius 1 is 1.23 bits per heavy atom. The maximum Gasteiger partial charge on any atom is 0.371 e. The van der Waals surface area contributed by atoms with Crippen LogP contribution in [0.2, 0.25) is 0 Å². The van der Waals surface area contributed by atoms with Crippen molar-refractivity contribution in [3.05, 3.63) is 54.3 Å². The third-order valence-corrected chi connectivity index (χ3v) is 4.41. The summed E-state index contributed by atoms with van der Waals surface area (Å²) < 4.78 is 14.0. The van der Waals surface area contributed by atoms with Crippen LogP contribution < -0.4 is 10.6 Å². The van der Waals surface area contributed by atoms with E-state index in [1.165, 1.54) is 12.1 Å². The smallest absolute Gasteiger partial charge is 0.371 e. The summed E-state index contributed by atoms with van der Waals surface area (Å²) in [4.78, 5) is 16.9. The van der Waals surface area contributed by atoms with Crippen molar-refractivity contribution in [2.45, 2.75) is 25.1 Å². The van der Waals surface area contributed by atoms with Gasteiger partial charge in [0.05, 0.1) is 6.10 Å². The number of carboxylic acids is 1. The van der Waals surface area contributed by atoms with E-state index in [0.717, 1.165) is 11.1 Å². The number of benzene rings is 2. The van der Waals surface area contributed by atoms with Crippen molar-refractivity contribution in [2.75, 3.05) is 11.4 Å². The molecule has 26 heavy (non-hydrogen) atoms. The Labute approximate surface area is 150 Å². The number of hydrogen-bond donors (Lipinski definition) is 3. The van der Waals surface area contributed by atoms with Gasteiger partial charge >= 0.3 is 5.97 Å². The molecule has 1 aliphatic rings. The molecule has 2 aromatic rings. The zero-order valence-electron chi connectivity index (χ0n) is 14.0. The lowest BCUT2D eigenvalue weighted by atomic mass is 9.99. The second kappa shape index (κ2) is 7.53. The Morgan fingerprint density at radius 3 is 2.65 bits per heavy atom. The minimum absolute atomic E-state index is 0.221. The quantitative estimate of drug-likeness (QED) is 0.578. The highest BCUT2D eigenvalue weighted by molar-refractivity contribution is 6.33. The van der Waals surface area contributed by atoms with E-state index in [4.69, 9.17) is 10.8 Å². The van der Waals surface area contributed by atoms with E-state index < -0.39 is 29.9 Å². The fourth-order valence-corrected chi connectivity index (χ4v) is 3.15. The van der Waals surface area contributed by atoms with Gasteiger partial charge in [0.25, 0.3) is 0 Å². The van der Waals surface area contributed by atoms with Crippen molar-refractivity contribution in [1.82, 2.24) is 0 Å². The third-order valence-electron chi connectivity index (χ3n) is 4.41. The molecule has 0 aliphatic carbocycles. The first-order chi connectivity index (χ1) is 12.5. The largest absolute Gasteiger partial charge is 0.475 e. The molecule has 6 nitrogen and oxygen atoms in total. The number of piperidine rings is 1. The standard InChI is InChI=1S/C19H20FN3O3/c20-13-6-7-15(12-4-2-1-3-5-12)16(10-13)23-9-8-14(24)11-17(23)22-18(21)19(25)26/h1-7,10,14,17,24H,8-9,11H2,(H2,21,22)(H,25,26). The molecule has 0 aromatic heterocycles. The normalized spacial score (nSPS) is 20.8. The highest BCUT2D eigenvalue weighted by Gasteiger charge is 2.30. The first kappa shape index (κ1) is 17.9. The van der Waals surface area contributed by atoms with Crippen molar-refractivity contribution in [1.29, 1.82) is 0 Å². The summed E-state index contributed by atoms with van der Waals surface area (Å²) in [5, 5.41) is 19.0. The van der Waals surface area contributed by atoms with Crippen LogP contribution in [0.5, 0.6) is 0 Å². The van der Waals surface area contributed by atoms with Gasteiger partial charge in [-0.25, -0.2) is 14.2 Å². The molecule has 0 spiro atoms. The van der Waals surface area contributed by atoms with Gasteiger partial charge in [-0.15, -0.1) is 0 Å². The van der Waals surface area contributed by atoms with Crippen LogP contribution in [0.3, 0.4) is 0 Å². The summed E-state index contributed by atoms with van der Waals surface area (Å²) in [5.41, 5.74) is 7.78. The second-order valence-electron chi connectivity index (χ2n) is 6.20. The highest BCUT2D eigenvalue weighted by atomic mass is 19.1. The van der Waals surface area contributed by atoms with E-state index >= 15 is 0 Å². The van der Waals surface area contributed by atoms with Crippen molar-refractivity contribution >= 4 is 17.5 Å². The summed E-state index contributed by atoms with van der Waals surface area (Å²) in [6.45, 7) is 0.408. The van der Waals surface area contributed by atoms with Crippen molar-refractivity contribution in [2.24, 2.45) is 10.7 Å². The predicted molar refractivity (Wildman–Crippen MR) is 97.5 cm³/mol. The molecule has 0 bridgehead atoms. The molecule has 2 atom stereocenters. The van der Waals surface area contributed by atoms with Gasteiger partial charge in [-0.05, 0) is 30.2 Å². The van der Waals surface area contributed by atoms with Crippen LogP contribution >= 0.6 is 0 Å². The number of aliphatic imine (C=N–C) groups is 1. The van der Waals surface area contributed by atoms with Gasteiger partial charge in [0.2, 0.25) is 5.84 Å². The summed E-state index contributed by atoms with van der Waals surface area (Å²) in [5.74, 6) is -2.26. The van der Waals surface area contributed by atoms with Crippen LogP contribution in [0.1, 0.15) is 12.8 Å². The summed E-state index contributed by atoms with van der Waals surface area (Å²) in [6.07, 6.45) is -0.600. The lowest BCUT2D eigenvalue weighted by Crippen LogP contribution is -2.45. The molecule has 1 aliphatic heterocycles. The van der Waals surface area contributed by atoms with Crippen LogP contribution in [-0.2, 0) is 4.79 Å². The van der Waals surface area contributed by atoms with Crippen molar-refractivity contribution in [3.63, 3.8) is 0 Å². The molecule has 1 fully saturated rings. The lowest BCUT2D eigenvalue weighted by Gasteiger charge is -2.38. The van der Waals surface area contributed by atoms with E-state index in [-0.39, 0.29) is 6.42 Å². The third kappa shape index (κ3) is 3.83. The predicted octanol–water partition coefficient (Wildman–Crippen LogP) is 2.22. The summed E-state index contributed by atoms with van der Waals surface area (Å²) in [7, 11) is 0. The molecule has 0 amide bonds. The number of halogens is 1. The Bertz CT molecular complexity index is 826. The van der Waals surface area contributed by atoms with Gasteiger partial charge in [-0.2, -0.15) is 0 Å². The maximum atomic E-state index is 14.0. The first-order valence-electron chi connectivity index (χ1n) is 8.32. The number of aliphatic hydroxyl groups excluding tert-OH is 1. The molecule has 136 valence electrons. The minimum Gasteiger partial charge on any atom is -0.475 e. The topological polar surface area (TPSA) is 99.2 Å². The van der Waals surface area contributed by atoms with Crippen LogP contribution in [0.4, 0.5) is 10.1 Å². The van der Waals surface area contributed by atoms with Crippen LogP contribution in [-0.4, -0.2) is 40.8 Å². The molecule has 0 radical (unpaired) electrons. The average molecular weight is 357 g/mol. The number of carbonyl (C=O) groups is 1. The van der Waals surface area contributed by atoms with Gasteiger partial charge in [-0.1, -0.05) is 30.3 Å². The van der Waals surface area contributed by atoms with Gasteiger partial charge < -0.3 is 20.8 Å². The van der Waals surface area contributed by atoms with Crippen LogP contribution in [0.25, 0.3) is 11.1 Å². The highest BCUT2D eigenvalue weighted by Crippen LogP contribution is 2.35. The van der Waals surface area contributed by atoms with Gasteiger partial charge in [-0.3, -0.25) is 0 Å².